The quantitative estimate of drug-likeness (QED) is 0.787. The number of thiophene rings is 1. The van der Waals surface area contributed by atoms with Gasteiger partial charge in [-0.2, -0.15) is 0 Å². The van der Waals surface area contributed by atoms with Crippen LogP contribution in [0.15, 0.2) is 52.8 Å². The first kappa shape index (κ1) is 14.0. The third-order valence-electron chi connectivity index (χ3n) is 3.34. The van der Waals surface area contributed by atoms with Gasteiger partial charge in [0.25, 0.3) is 5.56 Å². The van der Waals surface area contributed by atoms with Gasteiger partial charge >= 0.3 is 0 Å². The molecular weight excluding hydrogens is 282 g/mol. The second kappa shape index (κ2) is 6.20. The number of nitrogens with one attached hydrogen (secondary N) is 1. The van der Waals surface area contributed by atoms with Gasteiger partial charge in [-0.15, -0.1) is 11.3 Å². The fourth-order valence-electron chi connectivity index (χ4n) is 2.28. The normalized spacial score (nSPS) is 12.6. The lowest BCUT2D eigenvalue weighted by Gasteiger charge is -2.12. The topological polar surface area (TPSA) is 46.4 Å². The smallest absolute Gasteiger partial charge is 0.258 e. The molecule has 0 saturated heterocycles. The van der Waals surface area contributed by atoms with Crippen molar-refractivity contribution in [3.8, 4) is 0 Å². The number of hydrogen-bond acceptors (Lipinski definition) is 4. The second-order valence-electron chi connectivity index (χ2n) is 5.08. The number of fused-ring (bicyclic) bond motifs is 1. The van der Waals surface area contributed by atoms with Gasteiger partial charge in [-0.05, 0) is 36.9 Å². The summed E-state index contributed by atoms with van der Waals surface area (Å²) in [5.74, 6) is 0. The van der Waals surface area contributed by atoms with Crippen molar-refractivity contribution in [2.45, 2.75) is 25.9 Å². The van der Waals surface area contributed by atoms with Crippen LogP contribution >= 0.6 is 11.3 Å². The molecule has 0 aliphatic rings. The molecule has 0 aliphatic heterocycles. The molecule has 0 bridgehead atoms. The van der Waals surface area contributed by atoms with E-state index in [-0.39, 0.29) is 5.56 Å². The molecule has 3 aromatic rings. The van der Waals surface area contributed by atoms with Crippen molar-refractivity contribution >= 4 is 17.0 Å². The lowest BCUT2D eigenvalue weighted by molar-refractivity contribution is 0.542. The van der Waals surface area contributed by atoms with Gasteiger partial charge in [0.05, 0.1) is 5.69 Å². The van der Waals surface area contributed by atoms with E-state index in [2.05, 4.69) is 34.7 Å². The maximum atomic E-state index is 12.0. The minimum atomic E-state index is -0.0386. The summed E-state index contributed by atoms with van der Waals surface area (Å²) in [6.45, 7) is 2.75. The van der Waals surface area contributed by atoms with E-state index in [1.807, 2.05) is 18.2 Å². The minimum absolute atomic E-state index is 0.0386. The molecule has 0 aromatic carbocycles. The molecule has 0 saturated carbocycles. The van der Waals surface area contributed by atoms with Crippen molar-refractivity contribution in [2.24, 2.45) is 0 Å². The van der Waals surface area contributed by atoms with E-state index in [0.717, 1.165) is 12.1 Å². The fraction of sp³-hybridized carbons (Fsp3) is 0.250. The van der Waals surface area contributed by atoms with Crippen molar-refractivity contribution in [1.29, 1.82) is 0 Å². The maximum Gasteiger partial charge on any atom is 0.258 e. The molecule has 0 amide bonds. The van der Waals surface area contributed by atoms with E-state index in [0.29, 0.717) is 18.2 Å². The van der Waals surface area contributed by atoms with Crippen LogP contribution in [0.1, 0.15) is 17.5 Å². The van der Waals surface area contributed by atoms with Gasteiger partial charge in [0, 0.05) is 29.7 Å². The summed E-state index contributed by atoms with van der Waals surface area (Å²) < 4.78 is 1.55. The van der Waals surface area contributed by atoms with Crippen LogP contribution in [0.25, 0.3) is 5.65 Å². The summed E-state index contributed by atoms with van der Waals surface area (Å²) in [6, 6.07) is 11.7. The van der Waals surface area contributed by atoms with Gasteiger partial charge in [0.1, 0.15) is 5.65 Å². The van der Waals surface area contributed by atoms with Crippen LogP contribution in [0.5, 0.6) is 0 Å². The zero-order valence-electron chi connectivity index (χ0n) is 11.8. The van der Waals surface area contributed by atoms with Gasteiger partial charge in [-0.25, -0.2) is 4.98 Å². The summed E-state index contributed by atoms with van der Waals surface area (Å²) in [7, 11) is 0. The van der Waals surface area contributed by atoms with Gasteiger partial charge in [0.15, 0.2) is 0 Å². The average Bonchev–Trinajstić information content (AvgIpc) is 2.98. The van der Waals surface area contributed by atoms with Crippen molar-refractivity contribution < 1.29 is 0 Å². The summed E-state index contributed by atoms with van der Waals surface area (Å²) in [4.78, 5) is 17.9. The Morgan fingerprint density at radius 3 is 3.05 bits per heavy atom. The Bertz CT molecular complexity index is 780. The van der Waals surface area contributed by atoms with Crippen LogP contribution in [0.4, 0.5) is 0 Å². The Hall–Kier alpha value is -1.98. The Kier molecular flexibility index (Phi) is 4.13. The van der Waals surface area contributed by atoms with Crippen LogP contribution in [0, 0.1) is 0 Å². The van der Waals surface area contributed by atoms with Gasteiger partial charge < -0.3 is 5.32 Å². The Labute approximate surface area is 127 Å². The van der Waals surface area contributed by atoms with Crippen LogP contribution < -0.4 is 10.9 Å². The first-order valence-electron chi connectivity index (χ1n) is 6.95. The number of hydrogen-bond donors (Lipinski definition) is 1. The maximum absolute atomic E-state index is 12.0. The number of pyridine rings is 1. The van der Waals surface area contributed by atoms with Crippen molar-refractivity contribution in [3.05, 3.63) is 68.9 Å². The highest BCUT2D eigenvalue weighted by Gasteiger charge is 2.06. The third kappa shape index (κ3) is 3.37. The first-order chi connectivity index (χ1) is 10.2. The zero-order chi connectivity index (χ0) is 14.7. The van der Waals surface area contributed by atoms with E-state index in [9.17, 15) is 4.79 Å². The standard InChI is InChI=1S/C16H17N3OS/c1-12(9-14-5-4-8-21-14)17-11-13-10-16(20)19-7-3-2-6-15(19)18-13/h2-8,10,12,17H,9,11H2,1H3. The molecule has 1 unspecified atom stereocenters. The van der Waals surface area contributed by atoms with Crippen LogP contribution in [0.3, 0.4) is 0 Å². The van der Waals surface area contributed by atoms with E-state index < -0.39 is 0 Å². The van der Waals surface area contributed by atoms with E-state index >= 15 is 0 Å². The SMILES string of the molecule is CC(Cc1cccs1)NCc1cc(=O)n2ccccc2n1. The van der Waals surface area contributed by atoms with Crippen LogP contribution in [-0.2, 0) is 13.0 Å². The highest BCUT2D eigenvalue weighted by Crippen LogP contribution is 2.11. The van der Waals surface area contributed by atoms with Crippen LogP contribution in [0.2, 0.25) is 0 Å². The molecule has 0 spiro atoms. The van der Waals surface area contributed by atoms with Crippen LogP contribution in [-0.4, -0.2) is 15.4 Å². The second-order valence-corrected chi connectivity index (χ2v) is 6.11. The molecule has 21 heavy (non-hydrogen) atoms. The summed E-state index contributed by atoms with van der Waals surface area (Å²) in [5.41, 5.74) is 1.43. The van der Waals surface area contributed by atoms with Crippen molar-refractivity contribution in [2.75, 3.05) is 0 Å². The molecular formula is C16H17N3OS. The molecule has 0 aliphatic carbocycles. The lowest BCUT2D eigenvalue weighted by Crippen LogP contribution is -2.28. The predicted molar refractivity (Wildman–Crippen MR) is 85.8 cm³/mol. The molecule has 0 fully saturated rings. The summed E-state index contributed by atoms with van der Waals surface area (Å²) >= 11 is 1.77. The first-order valence-corrected chi connectivity index (χ1v) is 7.83. The molecule has 1 N–H and O–H groups in total. The monoisotopic (exact) mass is 299 g/mol. The Balaban J connectivity index is 1.69. The van der Waals surface area contributed by atoms with E-state index in [4.69, 9.17) is 0 Å². The molecule has 4 nitrogen and oxygen atoms in total. The van der Waals surface area contributed by atoms with Gasteiger partial charge in [-0.1, -0.05) is 12.1 Å². The zero-order valence-corrected chi connectivity index (χ0v) is 12.6. The molecule has 5 heteroatoms. The van der Waals surface area contributed by atoms with Crippen molar-refractivity contribution in [3.63, 3.8) is 0 Å². The van der Waals surface area contributed by atoms with E-state index in [1.165, 1.54) is 4.88 Å². The highest BCUT2D eigenvalue weighted by atomic mass is 32.1. The lowest BCUT2D eigenvalue weighted by atomic mass is 10.2. The molecule has 3 heterocycles. The van der Waals surface area contributed by atoms with Gasteiger partial charge in [0.2, 0.25) is 0 Å². The Morgan fingerprint density at radius 1 is 1.33 bits per heavy atom. The predicted octanol–water partition coefficient (Wildman–Crippen LogP) is 2.48. The largest absolute Gasteiger partial charge is 0.308 e. The van der Waals surface area contributed by atoms with Gasteiger partial charge in [-0.3, -0.25) is 9.20 Å². The molecule has 108 valence electrons. The molecule has 3 rings (SSSR count). The number of nitrogens with zero attached hydrogens (tertiary/aromatic N) is 2. The number of rotatable bonds is 5. The molecule has 1 atom stereocenters. The van der Waals surface area contributed by atoms with Crippen molar-refractivity contribution in [1.82, 2.24) is 14.7 Å². The highest BCUT2D eigenvalue weighted by molar-refractivity contribution is 7.09. The fourth-order valence-corrected chi connectivity index (χ4v) is 3.11. The Morgan fingerprint density at radius 2 is 2.24 bits per heavy atom. The molecule has 0 radical (unpaired) electrons. The number of aromatic nitrogens is 2. The summed E-state index contributed by atoms with van der Waals surface area (Å²) in [5, 5.41) is 5.52. The molecule has 3 aromatic heterocycles. The average molecular weight is 299 g/mol. The van der Waals surface area contributed by atoms with E-state index in [1.54, 1.807) is 28.0 Å². The third-order valence-corrected chi connectivity index (χ3v) is 4.24. The minimum Gasteiger partial charge on any atom is -0.308 e. The summed E-state index contributed by atoms with van der Waals surface area (Å²) in [6.07, 6.45) is 2.73.